The molecule has 0 saturated heterocycles. The fourth-order valence-corrected chi connectivity index (χ4v) is 3.73. The highest BCUT2D eigenvalue weighted by atomic mass is 15.4. The third kappa shape index (κ3) is 5.41. The molecule has 0 radical (unpaired) electrons. The molecule has 0 fully saturated rings. The van der Waals surface area contributed by atoms with E-state index in [4.69, 9.17) is 0 Å². The van der Waals surface area contributed by atoms with Crippen molar-refractivity contribution < 1.29 is 4.57 Å². The second-order valence-electron chi connectivity index (χ2n) is 8.75. The molecule has 0 N–H and O–H groups in total. The van der Waals surface area contributed by atoms with Crippen LogP contribution >= 0.6 is 0 Å². The number of rotatable bonds is 9. The molecule has 142 valence electrons. The van der Waals surface area contributed by atoms with E-state index in [1.165, 1.54) is 50.1 Å². The molecule has 26 heavy (non-hydrogen) atoms. The van der Waals surface area contributed by atoms with Crippen molar-refractivity contribution in [2.45, 2.75) is 66.8 Å². The number of benzene rings is 1. The van der Waals surface area contributed by atoms with Crippen LogP contribution in [0, 0.1) is 5.41 Å². The van der Waals surface area contributed by atoms with Crippen molar-refractivity contribution in [3.05, 3.63) is 54.9 Å². The average molecular weight is 355 g/mol. The summed E-state index contributed by atoms with van der Waals surface area (Å²) in [6, 6.07) is 15.8. The van der Waals surface area contributed by atoms with Gasteiger partial charge in [0, 0.05) is 5.41 Å². The predicted molar refractivity (Wildman–Crippen MR) is 114 cm³/mol. The number of hydrogen-bond donors (Lipinski definition) is 0. The van der Waals surface area contributed by atoms with Crippen molar-refractivity contribution in [2.24, 2.45) is 5.41 Å². The molecule has 0 atom stereocenters. The van der Waals surface area contributed by atoms with Crippen LogP contribution in [-0.4, -0.2) is 13.1 Å². The van der Waals surface area contributed by atoms with E-state index in [-0.39, 0.29) is 0 Å². The highest BCUT2D eigenvalue weighted by Crippen LogP contribution is 2.35. The number of unbranched alkanes of at least 4 members (excludes halogenated alkanes) is 2. The molecule has 0 saturated carbocycles. The van der Waals surface area contributed by atoms with Crippen LogP contribution in [0.3, 0.4) is 0 Å². The predicted octanol–water partition coefficient (Wildman–Crippen LogP) is 6.26. The van der Waals surface area contributed by atoms with E-state index in [2.05, 4.69) is 94.0 Å². The third-order valence-corrected chi connectivity index (χ3v) is 5.06. The molecular weight excluding hydrogens is 316 g/mol. The second-order valence-corrected chi connectivity index (χ2v) is 8.75. The van der Waals surface area contributed by atoms with E-state index in [9.17, 15) is 0 Å². The Labute approximate surface area is 161 Å². The molecule has 0 aliphatic rings. The molecular formula is C24H38N2+2. The lowest BCUT2D eigenvalue weighted by Gasteiger charge is -2.37. The van der Waals surface area contributed by atoms with Crippen LogP contribution in [0.1, 0.15) is 60.3 Å². The summed E-state index contributed by atoms with van der Waals surface area (Å²) in [7, 11) is 0. The zero-order chi connectivity index (χ0) is 19.0. The van der Waals surface area contributed by atoms with E-state index in [1.807, 2.05) is 0 Å². The van der Waals surface area contributed by atoms with Crippen LogP contribution in [0.25, 0.3) is 0 Å². The lowest BCUT2D eigenvalue weighted by Crippen LogP contribution is -2.47. The van der Waals surface area contributed by atoms with Gasteiger partial charge < -0.3 is 0 Å². The van der Waals surface area contributed by atoms with Gasteiger partial charge in [-0.25, -0.2) is 4.57 Å². The quantitative estimate of drug-likeness (QED) is 0.369. The Bertz CT molecular complexity index is 630. The van der Waals surface area contributed by atoms with Gasteiger partial charge in [0.15, 0.2) is 18.9 Å². The van der Waals surface area contributed by atoms with Gasteiger partial charge >= 0.3 is 0 Å². The summed E-state index contributed by atoms with van der Waals surface area (Å²) < 4.78 is 3.29. The minimum atomic E-state index is 0.294. The minimum absolute atomic E-state index is 0.294. The van der Waals surface area contributed by atoms with Crippen LogP contribution in [-0.2, 0) is 6.54 Å². The molecule has 1 heterocycles. The van der Waals surface area contributed by atoms with E-state index < -0.39 is 0 Å². The number of aromatic nitrogens is 1. The fraction of sp³-hybridized carbons (Fsp3) is 0.542. The molecule has 1 aromatic carbocycles. The zero-order valence-electron chi connectivity index (χ0n) is 17.5. The average Bonchev–Trinajstić information content (AvgIpc) is 2.62. The van der Waals surface area contributed by atoms with Gasteiger partial charge in [-0.1, -0.05) is 65.7 Å². The van der Waals surface area contributed by atoms with Crippen LogP contribution in [0.5, 0.6) is 0 Å². The Balaban J connectivity index is 2.44. The Hall–Kier alpha value is -1.67. The maximum Gasteiger partial charge on any atom is 0.174 e. The standard InChI is InChI=1S/C24H38N2/c1-6-8-19-26(20-9-7-2,22-13-11-10-12-14-22)23-15-17-25(18-16-23)21-24(3,4)5/h10-18H,6-9,19-21H2,1-5H3/q+2. The normalized spacial score (nSPS) is 12.3. The zero-order valence-corrected chi connectivity index (χ0v) is 17.5. The third-order valence-electron chi connectivity index (χ3n) is 5.06. The first kappa shape index (κ1) is 20.6. The minimum Gasteiger partial charge on any atom is -0.258 e. The lowest BCUT2D eigenvalue weighted by atomic mass is 9.97. The number of quaternary nitrogens is 1. The van der Waals surface area contributed by atoms with Crippen molar-refractivity contribution in [1.29, 1.82) is 0 Å². The maximum absolute atomic E-state index is 2.35. The number of para-hydroxylation sites is 1. The van der Waals surface area contributed by atoms with E-state index in [0.717, 1.165) is 11.0 Å². The number of nitrogens with zero attached hydrogens (tertiary/aromatic N) is 2. The summed E-state index contributed by atoms with van der Waals surface area (Å²) >= 11 is 0. The van der Waals surface area contributed by atoms with Crippen molar-refractivity contribution in [1.82, 2.24) is 4.48 Å². The van der Waals surface area contributed by atoms with Gasteiger partial charge in [-0.15, -0.1) is 0 Å². The first-order chi connectivity index (χ1) is 12.4. The van der Waals surface area contributed by atoms with Gasteiger partial charge in [0.1, 0.15) is 11.4 Å². The molecule has 2 rings (SSSR count). The largest absolute Gasteiger partial charge is 0.258 e. The summed E-state index contributed by atoms with van der Waals surface area (Å²) in [5.41, 5.74) is 3.13. The number of pyridine rings is 1. The van der Waals surface area contributed by atoms with Crippen molar-refractivity contribution in [3.8, 4) is 0 Å². The molecule has 2 aromatic rings. The first-order valence-corrected chi connectivity index (χ1v) is 10.3. The number of hydrogen-bond acceptors (Lipinski definition) is 0. The topological polar surface area (TPSA) is 3.88 Å². The molecule has 0 bridgehead atoms. The van der Waals surface area contributed by atoms with Gasteiger partial charge in [0.25, 0.3) is 0 Å². The Morgan fingerprint density at radius 3 is 1.73 bits per heavy atom. The van der Waals surface area contributed by atoms with Crippen LogP contribution in [0.15, 0.2) is 54.9 Å². The van der Waals surface area contributed by atoms with E-state index in [1.54, 1.807) is 0 Å². The molecule has 0 spiro atoms. The smallest absolute Gasteiger partial charge is 0.174 e. The van der Waals surface area contributed by atoms with Crippen LogP contribution < -0.4 is 9.05 Å². The molecule has 0 aliphatic heterocycles. The lowest BCUT2D eigenvalue weighted by molar-refractivity contribution is -0.708. The van der Waals surface area contributed by atoms with Crippen molar-refractivity contribution in [3.63, 3.8) is 0 Å². The Morgan fingerprint density at radius 2 is 1.27 bits per heavy atom. The fourth-order valence-electron chi connectivity index (χ4n) is 3.73. The van der Waals surface area contributed by atoms with E-state index >= 15 is 0 Å². The van der Waals surface area contributed by atoms with Crippen molar-refractivity contribution in [2.75, 3.05) is 13.1 Å². The molecule has 0 unspecified atom stereocenters. The van der Waals surface area contributed by atoms with Crippen LogP contribution in [0.4, 0.5) is 11.4 Å². The molecule has 0 aliphatic carbocycles. The summed E-state index contributed by atoms with van der Waals surface area (Å²) in [6.07, 6.45) is 9.50. The SMILES string of the molecule is CCCC[N+](CCCC)(c1ccccc1)c1cc[n+](CC(C)(C)C)cc1. The summed E-state index contributed by atoms with van der Waals surface area (Å²) in [6.45, 7) is 14.8. The van der Waals surface area contributed by atoms with Gasteiger partial charge in [0.05, 0.1) is 25.2 Å². The van der Waals surface area contributed by atoms with Gasteiger partial charge in [-0.3, -0.25) is 4.48 Å². The Morgan fingerprint density at radius 1 is 0.769 bits per heavy atom. The summed E-state index contributed by atoms with van der Waals surface area (Å²) in [5, 5.41) is 0. The van der Waals surface area contributed by atoms with Crippen LogP contribution in [0.2, 0.25) is 0 Å². The summed E-state index contributed by atoms with van der Waals surface area (Å²) in [5.74, 6) is 0. The Kier molecular flexibility index (Phi) is 7.40. The highest BCUT2D eigenvalue weighted by Gasteiger charge is 2.33. The van der Waals surface area contributed by atoms with Crippen molar-refractivity contribution >= 4 is 11.4 Å². The monoisotopic (exact) mass is 354 g/mol. The summed E-state index contributed by atoms with van der Waals surface area (Å²) in [4.78, 5) is 0. The molecule has 2 nitrogen and oxygen atoms in total. The van der Waals surface area contributed by atoms with E-state index in [0.29, 0.717) is 5.41 Å². The molecule has 0 amide bonds. The van der Waals surface area contributed by atoms with Gasteiger partial charge in [0.2, 0.25) is 0 Å². The first-order valence-electron chi connectivity index (χ1n) is 10.3. The molecule has 1 aromatic heterocycles. The second kappa shape index (κ2) is 9.32. The molecule has 2 heteroatoms. The van der Waals surface area contributed by atoms with Gasteiger partial charge in [-0.05, 0) is 25.0 Å². The highest BCUT2D eigenvalue weighted by molar-refractivity contribution is 5.57. The van der Waals surface area contributed by atoms with Gasteiger partial charge in [-0.2, -0.15) is 0 Å². The maximum atomic E-state index is 2.35.